The summed E-state index contributed by atoms with van der Waals surface area (Å²) in [5, 5.41) is 6.11. The highest BCUT2D eigenvalue weighted by Crippen LogP contribution is 2.32. The Hall–Kier alpha value is -1.83. The zero-order valence-electron chi connectivity index (χ0n) is 12.1. The zero-order valence-corrected chi connectivity index (χ0v) is 12.9. The van der Waals surface area contributed by atoms with Gasteiger partial charge in [0, 0.05) is 11.7 Å². The lowest BCUT2D eigenvalue weighted by molar-refractivity contribution is -0.142. The van der Waals surface area contributed by atoms with Crippen LogP contribution in [0.15, 0.2) is 6.07 Å². The predicted octanol–water partition coefficient (Wildman–Crippen LogP) is 3.24. The molecule has 0 aliphatic rings. The van der Waals surface area contributed by atoms with E-state index in [1.165, 1.54) is 6.92 Å². The van der Waals surface area contributed by atoms with Crippen LogP contribution < -0.4 is 5.32 Å². The largest absolute Gasteiger partial charge is 0.433 e. The summed E-state index contributed by atoms with van der Waals surface area (Å²) >= 11 is 6.00. The standard InChI is InChI=1S/C13H14ClF3N4O/c1-4-6(2)19-12(22)10-9(14)11-18-7(3)5-8(13(15,16)17)21(11)20-10/h5-6H,4H2,1-3H3,(H,19,22). The number of hydrogen-bond acceptors (Lipinski definition) is 3. The fourth-order valence-electron chi connectivity index (χ4n) is 1.85. The summed E-state index contributed by atoms with van der Waals surface area (Å²) in [4.78, 5) is 16.0. The Morgan fingerprint density at radius 3 is 2.68 bits per heavy atom. The number of alkyl halides is 3. The van der Waals surface area contributed by atoms with Gasteiger partial charge in [0.25, 0.3) is 5.91 Å². The molecular formula is C13H14ClF3N4O. The normalized spacial score (nSPS) is 13.4. The number of amides is 1. The number of nitrogens with zero attached hydrogens (tertiary/aromatic N) is 3. The quantitative estimate of drug-likeness (QED) is 0.937. The van der Waals surface area contributed by atoms with Crippen molar-refractivity contribution in [2.75, 3.05) is 0 Å². The van der Waals surface area contributed by atoms with Gasteiger partial charge < -0.3 is 5.32 Å². The molecule has 1 unspecified atom stereocenters. The zero-order chi connectivity index (χ0) is 16.7. The van der Waals surface area contributed by atoms with Crippen molar-refractivity contribution in [3.63, 3.8) is 0 Å². The number of carbonyl (C=O) groups is 1. The highest BCUT2D eigenvalue weighted by molar-refractivity contribution is 6.36. The van der Waals surface area contributed by atoms with Crippen LogP contribution in [-0.2, 0) is 6.18 Å². The first-order valence-electron chi connectivity index (χ1n) is 6.59. The minimum Gasteiger partial charge on any atom is -0.348 e. The topological polar surface area (TPSA) is 59.3 Å². The lowest BCUT2D eigenvalue weighted by atomic mass is 10.2. The van der Waals surface area contributed by atoms with E-state index < -0.39 is 17.8 Å². The first-order valence-corrected chi connectivity index (χ1v) is 6.96. The molecule has 5 nitrogen and oxygen atoms in total. The van der Waals surface area contributed by atoms with Crippen LogP contribution in [0.25, 0.3) is 5.65 Å². The van der Waals surface area contributed by atoms with E-state index >= 15 is 0 Å². The number of fused-ring (bicyclic) bond motifs is 1. The Labute approximate surface area is 129 Å². The fourth-order valence-corrected chi connectivity index (χ4v) is 2.10. The Kier molecular flexibility index (Phi) is 4.32. The molecule has 0 radical (unpaired) electrons. The van der Waals surface area contributed by atoms with Crippen LogP contribution in [0.1, 0.15) is 42.1 Å². The van der Waals surface area contributed by atoms with Crippen LogP contribution in [0.2, 0.25) is 5.02 Å². The van der Waals surface area contributed by atoms with E-state index in [4.69, 9.17) is 11.6 Å². The van der Waals surface area contributed by atoms with Crippen LogP contribution in [-0.4, -0.2) is 26.5 Å². The van der Waals surface area contributed by atoms with E-state index in [1.54, 1.807) is 6.92 Å². The molecular weight excluding hydrogens is 321 g/mol. The van der Waals surface area contributed by atoms with Gasteiger partial charge in [-0.1, -0.05) is 18.5 Å². The van der Waals surface area contributed by atoms with Gasteiger partial charge in [0.1, 0.15) is 10.7 Å². The Bertz CT molecular complexity index is 726. The molecule has 2 heterocycles. The average Bonchev–Trinajstić information content (AvgIpc) is 2.74. The first kappa shape index (κ1) is 16.5. The van der Waals surface area contributed by atoms with Crippen molar-refractivity contribution in [2.45, 2.75) is 39.4 Å². The molecule has 1 amide bonds. The second-order valence-corrected chi connectivity index (χ2v) is 5.34. The minimum absolute atomic E-state index is 0.135. The monoisotopic (exact) mass is 334 g/mol. The van der Waals surface area contributed by atoms with E-state index in [1.807, 2.05) is 6.92 Å². The number of aromatic nitrogens is 3. The van der Waals surface area contributed by atoms with Gasteiger partial charge in [-0.25, -0.2) is 9.50 Å². The molecule has 0 saturated carbocycles. The Morgan fingerprint density at radius 2 is 2.14 bits per heavy atom. The van der Waals surface area contributed by atoms with E-state index in [2.05, 4.69) is 15.4 Å². The van der Waals surface area contributed by atoms with Crippen molar-refractivity contribution >= 4 is 23.2 Å². The SMILES string of the molecule is CCC(C)NC(=O)c1nn2c(C(F)(F)F)cc(C)nc2c1Cl. The van der Waals surface area contributed by atoms with Gasteiger partial charge in [-0.2, -0.15) is 18.3 Å². The van der Waals surface area contributed by atoms with Crippen molar-refractivity contribution in [1.29, 1.82) is 0 Å². The van der Waals surface area contributed by atoms with Gasteiger partial charge in [0.2, 0.25) is 0 Å². The lowest BCUT2D eigenvalue weighted by Gasteiger charge is -2.09. The number of carbonyl (C=O) groups excluding carboxylic acids is 1. The van der Waals surface area contributed by atoms with Crippen molar-refractivity contribution in [2.24, 2.45) is 0 Å². The second-order valence-electron chi connectivity index (χ2n) is 4.96. The smallest absolute Gasteiger partial charge is 0.348 e. The molecule has 9 heteroatoms. The summed E-state index contributed by atoms with van der Waals surface area (Å²) in [6.45, 7) is 5.05. The average molecular weight is 335 g/mol. The first-order chi connectivity index (χ1) is 10.1. The number of aryl methyl sites for hydroxylation is 1. The van der Waals surface area contributed by atoms with Crippen molar-refractivity contribution in [3.8, 4) is 0 Å². The van der Waals surface area contributed by atoms with Crippen molar-refractivity contribution < 1.29 is 18.0 Å². The van der Waals surface area contributed by atoms with Gasteiger partial charge in [0.15, 0.2) is 11.3 Å². The second kappa shape index (κ2) is 5.75. The van der Waals surface area contributed by atoms with Gasteiger partial charge in [0.05, 0.1) is 0 Å². The number of halogens is 4. The Balaban J connectivity index is 2.60. The number of nitrogens with one attached hydrogen (secondary N) is 1. The summed E-state index contributed by atoms with van der Waals surface area (Å²) in [5.41, 5.74) is -1.36. The molecule has 2 aromatic rings. The molecule has 0 saturated heterocycles. The van der Waals surface area contributed by atoms with E-state index in [9.17, 15) is 18.0 Å². The molecule has 1 N–H and O–H groups in total. The third-order valence-corrected chi connectivity index (χ3v) is 3.50. The molecule has 22 heavy (non-hydrogen) atoms. The van der Waals surface area contributed by atoms with Gasteiger partial charge >= 0.3 is 6.18 Å². The van der Waals surface area contributed by atoms with Crippen LogP contribution >= 0.6 is 11.6 Å². The third kappa shape index (κ3) is 3.01. The van der Waals surface area contributed by atoms with Gasteiger partial charge in [-0.05, 0) is 26.3 Å². The van der Waals surface area contributed by atoms with Crippen LogP contribution in [0, 0.1) is 6.92 Å². The van der Waals surface area contributed by atoms with Crippen molar-refractivity contribution in [3.05, 3.63) is 28.2 Å². The van der Waals surface area contributed by atoms with Gasteiger partial charge in [-0.3, -0.25) is 4.79 Å². The summed E-state index contributed by atoms with van der Waals surface area (Å²) < 4.78 is 39.8. The highest BCUT2D eigenvalue weighted by atomic mass is 35.5. The molecule has 0 bridgehead atoms. The third-order valence-electron chi connectivity index (χ3n) is 3.16. The molecule has 0 fully saturated rings. The summed E-state index contributed by atoms with van der Waals surface area (Å²) in [7, 11) is 0. The molecule has 2 aromatic heterocycles. The molecule has 0 aromatic carbocycles. The highest BCUT2D eigenvalue weighted by Gasteiger charge is 2.36. The molecule has 0 aliphatic carbocycles. The van der Waals surface area contributed by atoms with Crippen molar-refractivity contribution in [1.82, 2.24) is 19.9 Å². The maximum atomic E-state index is 13.1. The van der Waals surface area contributed by atoms with Crippen LogP contribution in [0.4, 0.5) is 13.2 Å². The van der Waals surface area contributed by atoms with E-state index in [0.717, 1.165) is 6.07 Å². The number of rotatable bonds is 3. The molecule has 0 aliphatic heterocycles. The van der Waals surface area contributed by atoms with Crippen LogP contribution in [0.5, 0.6) is 0 Å². The predicted molar refractivity (Wildman–Crippen MR) is 75.0 cm³/mol. The minimum atomic E-state index is -4.63. The van der Waals surface area contributed by atoms with Gasteiger partial charge in [-0.15, -0.1) is 0 Å². The summed E-state index contributed by atoms with van der Waals surface area (Å²) in [5.74, 6) is -0.629. The molecule has 120 valence electrons. The maximum Gasteiger partial charge on any atom is 0.433 e. The maximum absolute atomic E-state index is 13.1. The molecule has 0 spiro atoms. The molecule has 2 rings (SSSR count). The summed E-state index contributed by atoms with van der Waals surface area (Å²) in [6.07, 6.45) is -3.96. The fraction of sp³-hybridized carbons (Fsp3) is 0.462. The number of hydrogen-bond donors (Lipinski definition) is 1. The van der Waals surface area contributed by atoms with E-state index in [-0.39, 0.29) is 28.1 Å². The van der Waals surface area contributed by atoms with Crippen LogP contribution in [0.3, 0.4) is 0 Å². The van der Waals surface area contributed by atoms with E-state index in [0.29, 0.717) is 10.9 Å². The lowest BCUT2D eigenvalue weighted by Crippen LogP contribution is -2.32. The molecule has 1 atom stereocenters. The Morgan fingerprint density at radius 1 is 1.50 bits per heavy atom. The summed E-state index contributed by atoms with van der Waals surface area (Å²) in [6, 6.07) is 0.706.